The van der Waals surface area contributed by atoms with E-state index in [-0.39, 0.29) is 22.9 Å². The molecule has 2 aromatic heterocycles. The average Bonchev–Trinajstić information content (AvgIpc) is 3.02. The van der Waals surface area contributed by atoms with Gasteiger partial charge in [0.25, 0.3) is 11.5 Å². The van der Waals surface area contributed by atoms with Crippen LogP contribution < -0.4 is 10.3 Å². The monoisotopic (exact) mass is 463 g/mol. The minimum atomic E-state index is -0.326. The average molecular weight is 464 g/mol. The molecule has 1 aliphatic rings. The lowest BCUT2D eigenvalue weighted by molar-refractivity contribution is -0.121. The van der Waals surface area contributed by atoms with E-state index in [9.17, 15) is 9.59 Å². The number of ether oxygens (including phenoxy) is 1. The number of thioether (sulfide) groups is 1. The second-order valence-corrected chi connectivity index (χ2v) is 9.08. The molecule has 162 valence electrons. The van der Waals surface area contributed by atoms with E-state index in [4.69, 9.17) is 17.0 Å². The van der Waals surface area contributed by atoms with Gasteiger partial charge in [-0.2, -0.15) is 4.98 Å². The molecule has 1 aliphatic heterocycles. The molecule has 1 fully saturated rings. The maximum absolute atomic E-state index is 13.4. The summed E-state index contributed by atoms with van der Waals surface area (Å²) >= 11 is 6.47. The van der Waals surface area contributed by atoms with Crippen LogP contribution in [0.2, 0.25) is 0 Å². The van der Waals surface area contributed by atoms with Gasteiger partial charge in [-0.05, 0) is 55.7 Å². The molecule has 1 amide bonds. The number of aromatic nitrogens is 2. The molecule has 0 atom stereocenters. The molecule has 3 heterocycles. The molecule has 1 aromatic carbocycles. The summed E-state index contributed by atoms with van der Waals surface area (Å²) in [5.74, 6) is 0.474. The van der Waals surface area contributed by atoms with Gasteiger partial charge in [0.15, 0.2) is 0 Å². The van der Waals surface area contributed by atoms with Gasteiger partial charge in [-0.25, -0.2) is 0 Å². The Morgan fingerprint density at radius 2 is 1.91 bits per heavy atom. The number of hydrogen-bond donors (Lipinski definition) is 0. The number of thiocarbonyl (C=S) groups is 1. The van der Waals surface area contributed by atoms with E-state index in [1.807, 2.05) is 45.0 Å². The highest BCUT2D eigenvalue weighted by Crippen LogP contribution is 2.34. The molecular formula is C24H21N3O3S2. The van der Waals surface area contributed by atoms with Gasteiger partial charge in [-0.1, -0.05) is 48.3 Å². The molecule has 8 heteroatoms. The number of fused-ring (bicyclic) bond motifs is 1. The highest BCUT2D eigenvalue weighted by molar-refractivity contribution is 8.26. The summed E-state index contributed by atoms with van der Waals surface area (Å²) in [5.41, 5.74) is 3.19. The number of amides is 1. The van der Waals surface area contributed by atoms with Gasteiger partial charge >= 0.3 is 0 Å². The third-order valence-electron chi connectivity index (χ3n) is 5.27. The Morgan fingerprint density at radius 1 is 1.16 bits per heavy atom. The van der Waals surface area contributed by atoms with Crippen molar-refractivity contribution in [2.75, 3.05) is 6.54 Å². The van der Waals surface area contributed by atoms with Crippen LogP contribution in [0, 0.1) is 20.8 Å². The van der Waals surface area contributed by atoms with Crippen LogP contribution in [0.5, 0.6) is 11.6 Å². The second kappa shape index (κ2) is 8.72. The molecule has 0 unspecified atom stereocenters. The normalized spacial score (nSPS) is 15.1. The Labute approximate surface area is 195 Å². The standard InChI is InChI=1S/C24H21N3O3S2/c1-5-11-27-23(29)19(32-24(27)31)13-17-21(30-18-10-6-8-14(2)16(18)4)25-20-15(3)9-7-12-26(20)22(17)28/h5-10,12-13H,1,11H2,2-4H3/b19-13+. The minimum Gasteiger partial charge on any atom is -0.438 e. The molecule has 1 saturated heterocycles. The summed E-state index contributed by atoms with van der Waals surface area (Å²) in [7, 11) is 0. The van der Waals surface area contributed by atoms with Crippen LogP contribution in [0.25, 0.3) is 11.7 Å². The van der Waals surface area contributed by atoms with E-state index in [1.54, 1.807) is 18.3 Å². The van der Waals surface area contributed by atoms with E-state index in [0.29, 0.717) is 27.2 Å². The number of carbonyl (C=O) groups excluding carboxylic acids is 1. The van der Waals surface area contributed by atoms with Crippen molar-refractivity contribution in [3.05, 3.63) is 86.7 Å². The molecular weight excluding hydrogens is 442 g/mol. The largest absolute Gasteiger partial charge is 0.438 e. The maximum atomic E-state index is 13.4. The molecule has 32 heavy (non-hydrogen) atoms. The predicted octanol–water partition coefficient (Wildman–Crippen LogP) is 4.80. The first-order valence-electron chi connectivity index (χ1n) is 9.94. The number of aryl methyl sites for hydroxylation is 2. The van der Waals surface area contributed by atoms with Crippen molar-refractivity contribution in [1.82, 2.24) is 14.3 Å². The van der Waals surface area contributed by atoms with E-state index in [1.165, 1.54) is 15.4 Å². The SMILES string of the molecule is C=CCN1C(=O)/C(=C\c2c(Oc3cccc(C)c3C)nc3c(C)cccn3c2=O)SC1=S. The minimum absolute atomic E-state index is 0.145. The van der Waals surface area contributed by atoms with Crippen molar-refractivity contribution in [3.63, 3.8) is 0 Å². The zero-order valence-electron chi connectivity index (χ0n) is 17.9. The van der Waals surface area contributed by atoms with E-state index < -0.39 is 0 Å². The molecule has 0 aliphatic carbocycles. The van der Waals surface area contributed by atoms with Crippen molar-refractivity contribution in [2.24, 2.45) is 0 Å². The Hall–Kier alpha value is -3.23. The summed E-state index contributed by atoms with van der Waals surface area (Å²) in [6, 6.07) is 9.36. The first-order chi connectivity index (χ1) is 15.3. The number of rotatable bonds is 5. The van der Waals surface area contributed by atoms with Crippen LogP contribution in [0.1, 0.15) is 22.3 Å². The first-order valence-corrected chi connectivity index (χ1v) is 11.2. The highest BCUT2D eigenvalue weighted by Gasteiger charge is 2.32. The van der Waals surface area contributed by atoms with E-state index in [0.717, 1.165) is 28.5 Å². The molecule has 0 bridgehead atoms. The van der Waals surface area contributed by atoms with Crippen molar-refractivity contribution < 1.29 is 9.53 Å². The molecule has 0 radical (unpaired) electrons. The number of benzene rings is 1. The molecule has 0 saturated carbocycles. The Bertz CT molecular complexity index is 1370. The van der Waals surface area contributed by atoms with Crippen molar-refractivity contribution in [1.29, 1.82) is 0 Å². The van der Waals surface area contributed by atoms with E-state index >= 15 is 0 Å². The van der Waals surface area contributed by atoms with Gasteiger partial charge in [0.2, 0.25) is 5.88 Å². The smallest absolute Gasteiger partial charge is 0.269 e. The number of carbonyl (C=O) groups is 1. The molecule has 0 spiro atoms. The number of nitrogens with zero attached hydrogens (tertiary/aromatic N) is 3. The van der Waals surface area contributed by atoms with Crippen molar-refractivity contribution in [2.45, 2.75) is 20.8 Å². The summed E-state index contributed by atoms with van der Waals surface area (Å²) < 4.78 is 8.04. The van der Waals surface area contributed by atoms with Gasteiger partial charge < -0.3 is 4.74 Å². The van der Waals surface area contributed by atoms with Crippen LogP contribution >= 0.6 is 24.0 Å². The lowest BCUT2D eigenvalue weighted by Crippen LogP contribution is -2.28. The van der Waals surface area contributed by atoms with Gasteiger partial charge in [0, 0.05) is 12.7 Å². The Kier molecular flexibility index (Phi) is 5.99. The lowest BCUT2D eigenvalue weighted by Gasteiger charge is -2.14. The predicted molar refractivity (Wildman–Crippen MR) is 132 cm³/mol. The van der Waals surface area contributed by atoms with Crippen LogP contribution in [0.15, 0.2) is 58.9 Å². The number of hydrogen-bond acceptors (Lipinski definition) is 6. The quantitative estimate of drug-likeness (QED) is 0.308. The van der Waals surface area contributed by atoms with Crippen LogP contribution in [-0.2, 0) is 4.79 Å². The molecule has 3 aromatic rings. The van der Waals surface area contributed by atoms with Crippen molar-refractivity contribution >= 4 is 45.9 Å². The van der Waals surface area contributed by atoms with Crippen LogP contribution in [0.3, 0.4) is 0 Å². The number of pyridine rings is 1. The fourth-order valence-corrected chi connectivity index (χ4v) is 4.61. The fraction of sp³-hybridized carbons (Fsp3) is 0.167. The second-order valence-electron chi connectivity index (χ2n) is 7.40. The summed E-state index contributed by atoms with van der Waals surface area (Å²) in [5, 5.41) is 0. The molecule has 4 rings (SSSR count). The summed E-state index contributed by atoms with van der Waals surface area (Å²) in [6.45, 7) is 9.79. The zero-order chi connectivity index (χ0) is 23.0. The Morgan fingerprint density at radius 3 is 2.66 bits per heavy atom. The fourth-order valence-electron chi connectivity index (χ4n) is 3.35. The third-order valence-corrected chi connectivity index (χ3v) is 6.65. The maximum Gasteiger partial charge on any atom is 0.269 e. The first kappa shape index (κ1) is 22.0. The lowest BCUT2D eigenvalue weighted by atomic mass is 10.1. The van der Waals surface area contributed by atoms with Crippen LogP contribution in [0.4, 0.5) is 0 Å². The summed E-state index contributed by atoms with van der Waals surface area (Å²) in [6.07, 6.45) is 4.78. The topological polar surface area (TPSA) is 63.9 Å². The summed E-state index contributed by atoms with van der Waals surface area (Å²) in [4.78, 5) is 32.7. The third kappa shape index (κ3) is 3.87. The van der Waals surface area contributed by atoms with Crippen LogP contribution in [-0.4, -0.2) is 31.1 Å². The van der Waals surface area contributed by atoms with Gasteiger partial charge in [-0.3, -0.25) is 18.9 Å². The van der Waals surface area contributed by atoms with E-state index in [2.05, 4.69) is 11.6 Å². The Balaban J connectivity index is 1.92. The molecule has 6 nitrogen and oxygen atoms in total. The highest BCUT2D eigenvalue weighted by atomic mass is 32.2. The zero-order valence-corrected chi connectivity index (χ0v) is 19.5. The van der Waals surface area contributed by atoms with Gasteiger partial charge in [-0.15, -0.1) is 6.58 Å². The van der Waals surface area contributed by atoms with Gasteiger partial charge in [0.1, 0.15) is 21.3 Å². The molecule has 0 N–H and O–H groups in total. The van der Waals surface area contributed by atoms with Gasteiger partial charge in [0.05, 0.1) is 4.91 Å². The van der Waals surface area contributed by atoms with Crippen molar-refractivity contribution in [3.8, 4) is 11.6 Å².